The average molecular weight is 632 g/mol. The molecule has 0 radical (unpaired) electrons. The molecule has 1 heteroatoms. The zero-order chi connectivity index (χ0) is 35.2. The van der Waals surface area contributed by atoms with E-state index in [1.807, 2.05) is 26.0 Å². The van der Waals surface area contributed by atoms with E-state index in [1.165, 1.54) is 78.3 Å². The van der Waals surface area contributed by atoms with Gasteiger partial charge in [-0.15, -0.1) is 13.2 Å². The Labute approximate surface area is 290 Å². The van der Waals surface area contributed by atoms with Gasteiger partial charge in [-0.1, -0.05) is 133 Å². The van der Waals surface area contributed by atoms with Gasteiger partial charge in [0.2, 0.25) is 0 Å². The van der Waals surface area contributed by atoms with E-state index in [2.05, 4.69) is 171 Å². The van der Waals surface area contributed by atoms with Gasteiger partial charge in [0.15, 0.2) is 0 Å². The van der Waals surface area contributed by atoms with Crippen molar-refractivity contribution in [2.24, 2.45) is 0 Å². The third-order valence-electron chi connectivity index (χ3n) is 10.8. The third-order valence-corrected chi connectivity index (χ3v) is 10.8. The highest BCUT2D eigenvalue weighted by Gasteiger charge is 2.51. The molecular weight excluding hydrogens is 579 g/mol. The first-order valence-electron chi connectivity index (χ1n) is 17.3. The monoisotopic (exact) mass is 631 g/mol. The van der Waals surface area contributed by atoms with Gasteiger partial charge in [0.1, 0.15) is 0 Å². The number of allylic oxidation sites excluding steroid dienone is 7. The Morgan fingerprint density at radius 3 is 1.46 bits per heavy atom. The third kappa shape index (κ3) is 5.16. The Morgan fingerprint density at radius 2 is 1.04 bits per heavy atom. The van der Waals surface area contributed by atoms with E-state index in [1.54, 1.807) is 0 Å². The van der Waals surface area contributed by atoms with E-state index < -0.39 is 0 Å². The largest absolute Gasteiger partial charge is 0.309 e. The molecule has 0 bridgehead atoms. The summed E-state index contributed by atoms with van der Waals surface area (Å²) in [4.78, 5) is 2.66. The molecule has 0 saturated carbocycles. The summed E-state index contributed by atoms with van der Waals surface area (Å²) in [7, 11) is 0. The molecule has 0 saturated heterocycles. The van der Waals surface area contributed by atoms with Gasteiger partial charge in [-0.25, -0.2) is 0 Å². The Hall–Kier alpha value is -4.62. The van der Waals surface area contributed by atoms with Crippen LogP contribution in [0.1, 0.15) is 108 Å². The minimum absolute atomic E-state index is 0.123. The van der Waals surface area contributed by atoms with Crippen LogP contribution in [-0.2, 0) is 16.2 Å². The van der Waals surface area contributed by atoms with Crippen LogP contribution >= 0.6 is 0 Å². The summed E-state index contributed by atoms with van der Waals surface area (Å²) >= 11 is 0. The summed E-state index contributed by atoms with van der Waals surface area (Å²) in [5.41, 5.74) is 18.7. The van der Waals surface area contributed by atoms with Crippen LogP contribution in [0.2, 0.25) is 0 Å². The van der Waals surface area contributed by atoms with Gasteiger partial charge in [0.05, 0.1) is 17.1 Å². The molecule has 0 aromatic heterocycles. The van der Waals surface area contributed by atoms with Crippen LogP contribution in [0.3, 0.4) is 0 Å². The van der Waals surface area contributed by atoms with Crippen molar-refractivity contribution in [1.82, 2.24) is 0 Å². The van der Waals surface area contributed by atoms with Gasteiger partial charge in [0, 0.05) is 16.2 Å². The van der Waals surface area contributed by atoms with Crippen LogP contribution in [0, 0.1) is 0 Å². The van der Waals surface area contributed by atoms with E-state index in [9.17, 15) is 0 Å². The number of para-hydroxylation sites is 1. The fourth-order valence-electron chi connectivity index (χ4n) is 7.84. The number of nitrogens with zero attached hydrogens (tertiary/aromatic N) is 1. The highest BCUT2D eigenvalue weighted by Crippen LogP contribution is 2.66. The Morgan fingerprint density at radius 1 is 0.583 bits per heavy atom. The maximum atomic E-state index is 3.56. The predicted octanol–water partition coefficient (Wildman–Crippen LogP) is 13.7. The van der Waals surface area contributed by atoms with Crippen molar-refractivity contribution in [2.45, 2.75) is 85.5 Å². The maximum Gasteiger partial charge on any atom is 0.0544 e. The lowest BCUT2D eigenvalue weighted by atomic mass is 9.60. The quantitative estimate of drug-likeness (QED) is 0.160. The first-order valence-corrected chi connectivity index (χ1v) is 17.3. The van der Waals surface area contributed by atoms with Gasteiger partial charge in [-0.2, -0.15) is 0 Å². The van der Waals surface area contributed by atoms with Gasteiger partial charge in [-0.3, -0.25) is 0 Å². The van der Waals surface area contributed by atoms with E-state index in [-0.39, 0.29) is 16.2 Å². The smallest absolute Gasteiger partial charge is 0.0544 e. The summed E-state index contributed by atoms with van der Waals surface area (Å²) in [6.45, 7) is 32.4. The van der Waals surface area contributed by atoms with Crippen LogP contribution in [0.15, 0.2) is 128 Å². The topological polar surface area (TPSA) is 3.24 Å². The second-order valence-electron chi connectivity index (χ2n) is 14.6. The minimum atomic E-state index is -0.170. The number of rotatable bonds is 4. The summed E-state index contributed by atoms with van der Waals surface area (Å²) in [6, 6.07) is 27.8. The average Bonchev–Trinajstić information content (AvgIpc) is 3.10. The Bertz CT molecular complexity index is 1970. The van der Waals surface area contributed by atoms with Crippen molar-refractivity contribution in [3.8, 4) is 11.1 Å². The Balaban J connectivity index is 0.000000511. The molecule has 4 aromatic rings. The van der Waals surface area contributed by atoms with Crippen molar-refractivity contribution in [1.29, 1.82) is 0 Å². The molecule has 3 aliphatic heterocycles. The van der Waals surface area contributed by atoms with Gasteiger partial charge in [0.25, 0.3) is 0 Å². The maximum absolute atomic E-state index is 3.56. The molecule has 0 atom stereocenters. The fraction of sp³-hybridized carbons (Fsp3) is 0.277. The molecule has 0 spiro atoms. The summed E-state index contributed by atoms with van der Waals surface area (Å²) in [5, 5.41) is 0. The van der Waals surface area contributed by atoms with Crippen molar-refractivity contribution < 1.29 is 0 Å². The van der Waals surface area contributed by atoms with E-state index in [0.29, 0.717) is 0 Å². The molecule has 0 fully saturated rings. The molecule has 1 nitrogen and oxygen atoms in total. The van der Waals surface area contributed by atoms with E-state index in [0.717, 1.165) is 0 Å². The summed E-state index contributed by atoms with van der Waals surface area (Å²) in [6.07, 6.45) is 10.5. The normalized spacial score (nSPS) is 17.0. The molecular formula is C47H53N. The molecule has 0 N–H and O–H groups in total. The number of anilines is 3. The lowest BCUT2D eigenvalue weighted by Gasteiger charge is -2.55. The van der Waals surface area contributed by atoms with Crippen LogP contribution in [0.25, 0.3) is 16.7 Å². The molecule has 7 rings (SSSR count). The fourth-order valence-corrected chi connectivity index (χ4v) is 7.84. The first-order chi connectivity index (χ1) is 22.8. The van der Waals surface area contributed by atoms with Crippen molar-refractivity contribution in [3.05, 3.63) is 167 Å². The molecule has 0 amide bonds. The molecule has 0 aliphatic carbocycles. The van der Waals surface area contributed by atoms with Crippen molar-refractivity contribution >= 4 is 22.6 Å². The number of benzene rings is 4. The minimum Gasteiger partial charge on any atom is -0.309 e. The molecule has 48 heavy (non-hydrogen) atoms. The zero-order valence-electron chi connectivity index (χ0n) is 30.9. The lowest BCUT2D eigenvalue weighted by molar-refractivity contribution is 0.566. The predicted molar refractivity (Wildman–Crippen MR) is 212 cm³/mol. The molecule has 3 aliphatic rings. The highest BCUT2D eigenvalue weighted by molar-refractivity contribution is 6.00. The van der Waals surface area contributed by atoms with Crippen LogP contribution < -0.4 is 4.90 Å². The van der Waals surface area contributed by atoms with Crippen LogP contribution in [0.4, 0.5) is 17.1 Å². The molecule has 4 aromatic carbocycles. The SMILES string of the molecule is C/C=C\C(=C/C)c1cc2c3c(c1)C(C)(C)c1cc(-c4ccccc4)cc4c1N3c1c(cccc1C4(C)C)C2(C)C.C=C.C=C/C(C)=C\C. The van der Waals surface area contributed by atoms with Crippen LogP contribution in [-0.4, -0.2) is 0 Å². The van der Waals surface area contributed by atoms with Crippen molar-refractivity contribution in [2.75, 3.05) is 4.90 Å². The van der Waals surface area contributed by atoms with E-state index >= 15 is 0 Å². The lowest BCUT2D eigenvalue weighted by Crippen LogP contribution is -2.43. The summed E-state index contributed by atoms with van der Waals surface area (Å²) in [5.74, 6) is 0. The summed E-state index contributed by atoms with van der Waals surface area (Å²) < 4.78 is 0. The molecule has 0 unspecified atom stereocenters. The number of hydrogen-bond donors (Lipinski definition) is 0. The Kier molecular flexibility index (Phi) is 9.23. The molecule has 246 valence electrons. The zero-order valence-corrected chi connectivity index (χ0v) is 30.9. The van der Waals surface area contributed by atoms with Gasteiger partial charge in [-0.05, 0) is 108 Å². The second kappa shape index (κ2) is 12.8. The first kappa shape index (κ1) is 34.7. The second-order valence-corrected chi connectivity index (χ2v) is 14.6. The number of hydrogen-bond acceptors (Lipinski definition) is 1. The van der Waals surface area contributed by atoms with Crippen LogP contribution in [0.5, 0.6) is 0 Å². The van der Waals surface area contributed by atoms with Crippen molar-refractivity contribution in [3.63, 3.8) is 0 Å². The molecule has 3 heterocycles. The van der Waals surface area contributed by atoms with Gasteiger partial charge >= 0.3 is 0 Å². The highest BCUT2D eigenvalue weighted by atomic mass is 15.2. The van der Waals surface area contributed by atoms with Gasteiger partial charge < -0.3 is 4.90 Å². The standard InChI is InChI=1S/C39H39N.C6H10.C2H4/c1-9-15-24(10-2)26-20-30-35-32(21-26)39(7,8)33-23-27(25-16-12-11-13-17-25)22-31-36(33)40(35)34-28(37(30,3)4)18-14-19-29(34)38(31,5)6;1-4-6(3)5-2;1-2/h9-23H,1-8H3;4-5H,1H2,2-3H3;1-2H2/b15-9-,24-10+;6-5-;. The van der Waals surface area contributed by atoms with E-state index in [4.69, 9.17) is 0 Å².